The van der Waals surface area contributed by atoms with E-state index in [0.29, 0.717) is 6.04 Å². The van der Waals surface area contributed by atoms with E-state index >= 15 is 0 Å². The van der Waals surface area contributed by atoms with Crippen LogP contribution < -0.4 is 5.32 Å². The van der Waals surface area contributed by atoms with Gasteiger partial charge in [-0.3, -0.25) is 4.90 Å². The van der Waals surface area contributed by atoms with Crippen LogP contribution in [0.2, 0.25) is 0 Å². The highest BCUT2D eigenvalue weighted by molar-refractivity contribution is 4.84. The van der Waals surface area contributed by atoms with Gasteiger partial charge in [0.1, 0.15) is 0 Å². The zero-order valence-electron chi connectivity index (χ0n) is 14.3. The molecule has 2 atom stereocenters. The van der Waals surface area contributed by atoms with Gasteiger partial charge in [-0.1, -0.05) is 65.2 Å². The Bertz CT molecular complexity index is 217. The van der Waals surface area contributed by atoms with Crippen molar-refractivity contribution in [2.45, 2.75) is 96.6 Å². The summed E-state index contributed by atoms with van der Waals surface area (Å²) in [5, 5.41) is 3.64. The summed E-state index contributed by atoms with van der Waals surface area (Å²) in [5.41, 5.74) is 0. The molecule has 0 aromatic carbocycles. The second-order valence-corrected chi connectivity index (χ2v) is 6.50. The van der Waals surface area contributed by atoms with E-state index in [1.54, 1.807) is 0 Å². The second-order valence-electron chi connectivity index (χ2n) is 6.50. The third-order valence-corrected chi connectivity index (χ3v) is 4.99. The van der Waals surface area contributed by atoms with E-state index in [2.05, 4.69) is 31.1 Å². The van der Waals surface area contributed by atoms with Crippen molar-refractivity contribution in [1.82, 2.24) is 10.2 Å². The molecular weight excluding hydrogens is 244 g/mol. The molecule has 1 aliphatic rings. The molecule has 2 unspecified atom stereocenters. The Morgan fingerprint density at radius 3 is 1.90 bits per heavy atom. The van der Waals surface area contributed by atoms with Crippen LogP contribution in [-0.4, -0.2) is 37.1 Å². The Balaban J connectivity index is 2.63. The van der Waals surface area contributed by atoms with E-state index in [0.717, 1.165) is 6.04 Å². The zero-order chi connectivity index (χ0) is 14.6. The lowest BCUT2D eigenvalue weighted by Gasteiger charge is -2.37. The fourth-order valence-corrected chi connectivity index (χ4v) is 3.79. The van der Waals surface area contributed by atoms with Crippen LogP contribution in [0.3, 0.4) is 0 Å². The summed E-state index contributed by atoms with van der Waals surface area (Å²) >= 11 is 0. The number of nitrogens with one attached hydrogen (secondary N) is 1. The standard InChI is InChI=1S/C18H38N2/c1-4-16-20(5-2)18-15-13-11-9-7-6-8-10-12-14-17(18)19-3/h17-19H,4-16H2,1-3H3. The minimum atomic E-state index is 0.695. The third kappa shape index (κ3) is 6.58. The Kier molecular flexibility index (Phi) is 10.4. The first kappa shape index (κ1) is 18.0. The van der Waals surface area contributed by atoms with Crippen LogP contribution in [0.25, 0.3) is 0 Å². The monoisotopic (exact) mass is 282 g/mol. The molecule has 120 valence electrons. The Morgan fingerprint density at radius 1 is 0.850 bits per heavy atom. The van der Waals surface area contributed by atoms with E-state index in [-0.39, 0.29) is 0 Å². The molecule has 1 fully saturated rings. The Labute approximate surface area is 127 Å². The summed E-state index contributed by atoms with van der Waals surface area (Å²) in [7, 11) is 2.17. The highest BCUT2D eigenvalue weighted by Crippen LogP contribution is 2.21. The molecule has 0 radical (unpaired) electrons. The van der Waals surface area contributed by atoms with Crippen molar-refractivity contribution in [3.05, 3.63) is 0 Å². The van der Waals surface area contributed by atoms with Crippen LogP contribution in [-0.2, 0) is 0 Å². The number of nitrogens with zero attached hydrogens (tertiary/aromatic N) is 1. The van der Waals surface area contributed by atoms with E-state index in [4.69, 9.17) is 0 Å². The average Bonchev–Trinajstić information content (AvgIpc) is 2.46. The molecule has 1 rings (SSSR count). The molecular formula is C18H38N2. The van der Waals surface area contributed by atoms with Crippen LogP contribution in [0.1, 0.15) is 84.5 Å². The summed E-state index contributed by atoms with van der Waals surface area (Å²) in [6.07, 6.45) is 15.6. The molecule has 2 heteroatoms. The number of hydrogen-bond donors (Lipinski definition) is 1. The average molecular weight is 283 g/mol. The van der Waals surface area contributed by atoms with Crippen molar-refractivity contribution >= 4 is 0 Å². The van der Waals surface area contributed by atoms with Crippen molar-refractivity contribution < 1.29 is 0 Å². The quantitative estimate of drug-likeness (QED) is 0.793. The van der Waals surface area contributed by atoms with Gasteiger partial charge in [0, 0.05) is 12.1 Å². The molecule has 0 amide bonds. The van der Waals surface area contributed by atoms with Crippen molar-refractivity contribution in [3.8, 4) is 0 Å². The molecule has 2 nitrogen and oxygen atoms in total. The summed E-state index contributed by atoms with van der Waals surface area (Å²) in [5.74, 6) is 0. The largest absolute Gasteiger partial charge is 0.315 e. The lowest BCUT2D eigenvalue weighted by atomic mass is 9.92. The maximum atomic E-state index is 3.64. The van der Waals surface area contributed by atoms with Gasteiger partial charge in [0.05, 0.1) is 0 Å². The van der Waals surface area contributed by atoms with E-state index in [9.17, 15) is 0 Å². The van der Waals surface area contributed by atoms with Gasteiger partial charge >= 0.3 is 0 Å². The molecule has 0 spiro atoms. The number of rotatable bonds is 5. The van der Waals surface area contributed by atoms with Gasteiger partial charge in [0.2, 0.25) is 0 Å². The van der Waals surface area contributed by atoms with Crippen LogP contribution in [0.5, 0.6) is 0 Å². The lowest BCUT2D eigenvalue weighted by Crippen LogP contribution is -2.49. The molecule has 1 N–H and O–H groups in total. The molecule has 0 heterocycles. The first-order valence-electron chi connectivity index (χ1n) is 9.24. The molecule has 20 heavy (non-hydrogen) atoms. The molecule has 1 aliphatic carbocycles. The minimum Gasteiger partial charge on any atom is -0.315 e. The van der Waals surface area contributed by atoms with Gasteiger partial charge in [-0.25, -0.2) is 0 Å². The SMILES string of the molecule is CCCN(CC)C1CCCCCCCCCCC1NC. The van der Waals surface area contributed by atoms with E-state index in [1.165, 1.54) is 83.7 Å². The third-order valence-electron chi connectivity index (χ3n) is 4.99. The van der Waals surface area contributed by atoms with E-state index in [1.807, 2.05) is 0 Å². The molecule has 0 aliphatic heterocycles. The summed E-state index contributed by atoms with van der Waals surface area (Å²) in [4.78, 5) is 2.73. The topological polar surface area (TPSA) is 15.3 Å². The highest BCUT2D eigenvalue weighted by Gasteiger charge is 2.24. The maximum absolute atomic E-state index is 3.64. The van der Waals surface area contributed by atoms with Gasteiger partial charge < -0.3 is 5.32 Å². The molecule has 0 aromatic rings. The predicted molar refractivity (Wildman–Crippen MR) is 90.3 cm³/mol. The molecule has 1 saturated carbocycles. The van der Waals surface area contributed by atoms with Crippen molar-refractivity contribution in [1.29, 1.82) is 0 Å². The molecule has 0 bridgehead atoms. The van der Waals surface area contributed by atoms with Gasteiger partial charge in [-0.2, -0.15) is 0 Å². The zero-order valence-corrected chi connectivity index (χ0v) is 14.3. The summed E-state index contributed by atoms with van der Waals surface area (Å²) in [6.45, 7) is 7.11. The van der Waals surface area contributed by atoms with Crippen molar-refractivity contribution in [3.63, 3.8) is 0 Å². The van der Waals surface area contributed by atoms with Gasteiger partial charge in [0.25, 0.3) is 0 Å². The first-order valence-corrected chi connectivity index (χ1v) is 9.24. The first-order chi connectivity index (χ1) is 9.83. The van der Waals surface area contributed by atoms with Gasteiger partial charge in [0.15, 0.2) is 0 Å². The second kappa shape index (κ2) is 11.6. The van der Waals surface area contributed by atoms with Crippen LogP contribution in [0.4, 0.5) is 0 Å². The van der Waals surface area contributed by atoms with Crippen LogP contribution >= 0.6 is 0 Å². The highest BCUT2D eigenvalue weighted by atomic mass is 15.2. The lowest BCUT2D eigenvalue weighted by molar-refractivity contribution is 0.148. The van der Waals surface area contributed by atoms with E-state index < -0.39 is 0 Å². The van der Waals surface area contributed by atoms with Crippen LogP contribution in [0.15, 0.2) is 0 Å². The summed E-state index contributed by atoms with van der Waals surface area (Å²) in [6, 6.07) is 1.45. The predicted octanol–water partition coefficient (Wildman–Crippen LogP) is 4.59. The summed E-state index contributed by atoms with van der Waals surface area (Å²) < 4.78 is 0. The fourth-order valence-electron chi connectivity index (χ4n) is 3.79. The number of hydrogen-bond acceptors (Lipinski definition) is 2. The van der Waals surface area contributed by atoms with Crippen LogP contribution in [0, 0.1) is 0 Å². The fraction of sp³-hybridized carbons (Fsp3) is 1.00. The number of likely N-dealkylation sites (N-methyl/N-ethyl adjacent to an activating group) is 2. The van der Waals surface area contributed by atoms with Gasteiger partial charge in [-0.05, 0) is 39.4 Å². The smallest absolute Gasteiger partial charge is 0.0249 e. The normalized spacial score (nSPS) is 27.0. The Hall–Kier alpha value is -0.0800. The van der Waals surface area contributed by atoms with Crippen molar-refractivity contribution in [2.24, 2.45) is 0 Å². The molecule has 0 aromatic heterocycles. The maximum Gasteiger partial charge on any atom is 0.0249 e. The Morgan fingerprint density at radius 2 is 1.40 bits per heavy atom. The molecule has 0 saturated heterocycles. The van der Waals surface area contributed by atoms with Crippen molar-refractivity contribution in [2.75, 3.05) is 20.1 Å². The minimum absolute atomic E-state index is 0.695. The van der Waals surface area contributed by atoms with Gasteiger partial charge in [-0.15, -0.1) is 0 Å².